The fourth-order valence-corrected chi connectivity index (χ4v) is 0. The highest BCUT2D eigenvalue weighted by atomic mass is 33.1. The van der Waals surface area contributed by atoms with Gasteiger partial charge in [0.1, 0.15) is 6.26 Å². The molecule has 0 saturated heterocycles. The second-order valence-corrected chi connectivity index (χ2v) is 3.78. The summed E-state index contributed by atoms with van der Waals surface area (Å²) in [4.78, 5) is 0. The van der Waals surface area contributed by atoms with E-state index in [9.17, 15) is 17.3 Å². The SMILES string of the molecule is CS[SH+]C.F[B-](F)(F)F. The van der Waals surface area contributed by atoms with E-state index in [1.807, 2.05) is 10.8 Å². The van der Waals surface area contributed by atoms with Crippen molar-refractivity contribution in [2.45, 2.75) is 0 Å². The van der Waals surface area contributed by atoms with Crippen molar-refractivity contribution < 1.29 is 17.3 Å². The van der Waals surface area contributed by atoms with E-state index >= 15 is 0 Å². The van der Waals surface area contributed by atoms with Crippen molar-refractivity contribution >= 4 is 28.8 Å². The summed E-state index contributed by atoms with van der Waals surface area (Å²) in [5, 5.41) is 0. The number of hydrogen-bond donors (Lipinski definition) is 0. The van der Waals surface area contributed by atoms with E-state index in [4.69, 9.17) is 0 Å². The molecular formula is C2H7BF4S2. The predicted octanol–water partition coefficient (Wildman–Crippen LogP) is 2.01. The van der Waals surface area contributed by atoms with Gasteiger partial charge in [0.05, 0.1) is 10.8 Å². The quantitative estimate of drug-likeness (QED) is 0.196. The van der Waals surface area contributed by atoms with E-state index in [1.165, 1.54) is 10.8 Å². The maximum atomic E-state index is 9.75. The molecule has 0 aliphatic heterocycles. The van der Waals surface area contributed by atoms with Crippen molar-refractivity contribution in [2.24, 2.45) is 0 Å². The molecular weight excluding hydrogens is 175 g/mol. The predicted molar refractivity (Wildman–Crippen MR) is 38.4 cm³/mol. The molecule has 0 aliphatic rings. The van der Waals surface area contributed by atoms with Crippen molar-refractivity contribution in [1.82, 2.24) is 0 Å². The van der Waals surface area contributed by atoms with Gasteiger partial charge >= 0.3 is 7.25 Å². The Hall–Kier alpha value is 0.485. The van der Waals surface area contributed by atoms with Crippen molar-refractivity contribution in [1.29, 1.82) is 0 Å². The first-order chi connectivity index (χ1) is 3.91. The molecule has 0 spiro atoms. The first-order valence-electron chi connectivity index (χ1n) is 1.91. The second-order valence-electron chi connectivity index (χ2n) is 0.860. The smallest absolute Gasteiger partial charge is 0.418 e. The van der Waals surface area contributed by atoms with Crippen LogP contribution >= 0.6 is 10.8 Å². The Balaban J connectivity index is 0. The molecule has 0 atom stereocenters. The van der Waals surface area contributed by atoms with Crippen LogP contribution in [0.1, 0.15) is 0 Å². The molecule has 0 radical (unpaired) electrons. The van der Waals surface area contributed by atoms with E-state index in [-0.39, 0.29) is 0 Å². The second kappa shape index (κ2) is 6.60. The number of halogens is 4. The summed E-state index contributed by atoms with van der Waals surface area (Å²) in [5.74, 6) is 0. The molecule has 0 rings (SSSR count). The van der Waals surface area contributed by atoms with Gasteiger partial charge in [-0.15, -0.1) is 0 Å². The largest absolute Gasteiger partial charge is 0.673 e. The molecule has 0 fully saturated rings. The summed E-state index contributed by atoms with van der Waals surface area (Å²) >= 11 is 0. The van der Waals surface area contributed by atoms with Crippen LogP contribution in [0.2, 0.25) is 0 Å². The zero-order chi connectivity index (χ0) is 7.91. The van der Waals surface area contributed by atoms with E-state index in [0.717, 1.165) is 0 Å². The minimum atomic E-state index is -6.00. The summed E-state index contributed by atoms with van der Waals surface area (Å²) < 4.78 is 39.0. The van der Waals surface area contributed by atoms with E-state index in [0.29, 0.717) is 0 Å². The molecule has 0 aliphatic carbocycles. The highest BCUT2D eigenvalue weighted by Gasteiger charge is 2.20. The van der Waals surface area contributed by atoms with Crippen molar-refractivity contribution in [3.8, 4) is 0 Å². The lowest BCUT2D eigenvalue weighted by atomic mass is 10.3. The van der Waals surface area contributed by atoms with Gasteiger partial charge in [0.15, 0.2) is 0 Å². The van der Waals surface area contributed by atoms with E-state index in [2.05, 4.69) is 12.5 Å². The standard InChI is InChI=1S/C2H6S2.BF4/c1-3-4-2;2-1(3,4)5/h1-2H3;/q;-1/p+1. The first kappa shape index (κ1) is 12.2. The van der Waals surface area contributed by atoms with Crippen LogP contribution < -0.4 is 0 Å². The first-order valence-corrected chi connectivity index (χ1v) is 5.08. The monoisotopic (exact) mass is 182 g/mol. The van der Waals surface area contributed by atoms with Gasteiger partial charge in [0.25, 0.3) is 0 Å². The molecule has 7 heteroatoms. The van der Waals surface area contributed by atoms with Crippen molar-refractivity contribution in [2.75, 3.05) is 12.5 Å². The van der Waals surface area contributed by atoms with Gasteiger partial charge in [-0.05, 0) is 0 Å². The summed E-state index contributed by atoms with van der Waals surface area (Å²) in [5.41, 5.74) is 0. The Labute approximate surface area is 59.3 Å². The summed E-state index contributed by atoms with van der Waals surface area (Å²) in [6.07, 6.45) is 4.20. The fourth-order valence-electron chi connectivity index (χ4n) is 0. The third-order valence-electron chi connectivity index (χ3n) is 0.183. The molecule has 0 aromatic heterocycles. The topological polar surface area (TPSA) is 0 Å². The molecule has 58 valence electrons. The summed E-state index contributed by atoms with van der Waals surface area (Å²) in [6.45, 7) is 0. The van der Waals surface area contributed by atoms with Crippen LogP contribution in [0, 0.1) is 0 Å². The molecule has 0 N–H and O–H groups in total. The Bertz CT molecular complexity index is 47.0. The number of hydrogen-bond acceptors (Lipinski definition) is 1. The molecule has 0 heterocycles. The molecule has 0 aromatic carbocycles. The normalized spacial score (nSPS) is 10.0. The van der Waals surface area contributed by atoms with Gasteiger partial charge in [0.2, 0.25) is 0 Å². The Morgan fingerprint density at radius 2 is 1.33 bits per heavy atom. The third kappa shape index (κ3) is 162. The average molecular weight is 182 g/mol. The highest BCUT2D eigenvalue weighted by Crippen LogP contribution is 2.06. The highest BCUT2D eigenvalue weighted by molar-refractivity contribution is 8.65. The zero-order valence-corrected chi connectivity index (χ0v) is 6.66. The van der Waals surface area contributed by atoms with Crippen LogP contribution in [0.25, 0.3) is 0 Å². The van der Waals surface area contributed by atoms with Crippen LogP contribution in [0.4, 0.5) is 17.3 Å². The molecule has 9 heavy (non-hydrogen) atoms. The van der Waals surface area contributed by atoms with Gasteiger partial charge in [-0.3, -0.25) is 0 Å². The molecule has 0 bridgehead atoms. The lowest BCUT2D eigenvalue weighted by Gasteiger charge is -1.94. The minimum Gasteiger partial charge on any atom is -0.418 e. The zero-order valence-electron chi connectivity index (χ0n) is 4.94. The van der Waals surface area contributed by atoms with Crippen LogP contribution in [0.15, 0.2) is 0 Å². The molecule has 0 unspecified atom stereocenters. The third-order valence-corrected chi connectivity index (χ3v) is 1.64. The van der Waals surface area contributed by atoms with Crippen LogP contribution in [-0.4, -0.2) is 19.8 Å². The van der Waals surface area contributed by atoms with Crippen molar-refractivity contribution in [3.63, 3.8) is 0 Å². The Kier molecular flexibility index (Phi) is 8.94. The van der Waals surface area contributed by atoms with Crippen molar-refractivity contribution in [3.05, 3.63) is 0 Å². The fraction of sp³-hybridized carbons (Fsp3) is 1.00. The lowest BCUT2D eigenvalue weighted by Crippen LogP contribution is -2.02. The molecule has 0 aromatic rings. The van der Waals surface area contributed by atoms with Crippen LogP contribution in [0.3, 0.4) is 0 Å². The average Bonchev–Trinajstić information content (AvgIpc) is 1.61. The number of thiol groups is 1. The molecule has 0 nitrogen and oxygen atoms in total. The lowest BCUT2D eigenvalue weighted by molar-refractivity contribution is 0.368. The summed E-state index contributed by atoms with van der Waals surface area (Å²) in [7, 11) is -2.76. The summed E-state index contributed by atoms with van der Waals surface area (Å²) in [6, 6.07) is 0. The number of rotatable bonds is 1. The van der Waals surface area contributed by atoms with Gasteiger partial charge in [-0.1, -0.05) is 0 Å². The minimum absolute atomic E-state index is 1.42. The maximum absolute atomic E-state index is 9.75. The van der Waals surface area contributed by atoms with Crippen LogP contribution in [-0.2, 0) is 10.8 Å². The van der Waals surface area contributed by atoms with E-state index < -0.39 is 7.25 Å². The van der Waals surface area contributed by atoms with Gasteiger partial charge < -0.3 is 17.3 Å². The van der Waals surface area contributed by atoms with Gasteiger partial charge in [0, 0.05) is 17.0 Å². The molecule has 0 amide bonds. The van der Waals surface area contributed by atoms with Gasteiger partial charge in [-0.25, -0.2) is 0 Å². The maximum Gasteiger partial charge on any atom is 0.673 e. The Morgan fingerprint density at radius 1 is 1.22 bits per heavy atom. The molecule has 0 saturated carbocycles. The van der Waals surface area contributed by atoms with Crippen LogP contribution in [0.5, 0.6) is 0 Å². The van der Waals surface area contributed by atoms with E-state index in [1.54, 1.807) is 0 Å². The Morgan fingerprint density at radius 3 is 1.33 bits per heavy atom. The van der Waals surface area contributed by atoms with Gasteiger partial charge in [-0.2, -0.15) is 0 Å².